The standard InChI is InChI=1S/C26H29NOS/c1-20-11-9-10-16-25(20)29-26(23-14-7-4-8-15-23)24-19-27(17-18-28-24)21(2)22-12-5-3-6-13-22/h3-16,21,24,26H,17-19H2,1-2H3/t21-,24+,26+/m0/s1. The Morgan fingerprint density at radius 2 is 1.48 bits per heavy atom. The largest absolute Gasteiger partial charge is 0.374 e. The Morgan fingerprint density at radius 1 is 0.862 bits per heavy atom. The zero-order valence-electron chi connectivity index (χ0n) is 17.2. The molecule has 0 amide bonds. The van der Waals surface area contributed by atoms with Gasteiger partial charge < -0.3 is 4.74 Å². The van der Waals surface area contributed by atoms with Crippen molar-refractivity contribution in [2.45, 2.75) is 36.1 Å². The van der Waals surface area contributed by atoms with E-state index in [9.17, 15) is 0 Å². The average Bonchev–Trinajstić information content (AvgIpc) is 2.79. The highest BCUT2D eigenvalue weighted by atomic mass is 32.2. The summed E-state index contributed by atoms with van der Waals surface area (Å²) in [7, 11) is 0. The van der Waals surface area contributed by atoms with Crippen LogP contribution in [0.15, 0.2) is 89.8 Å². The number of rotatable bonds is 6. The first-order chi connectivity index (χ1) is 14.2. The Morgan fingerprint density at radius 3 is 2.17 bits per heavy atom. The van der Waals surface area contributed by atoms with Gasteiger partial charge >= 0.3 is 0 Å². The molecule has 1 aliphatic rings. The molecule has 1 fully saturated rings. The fourth-order valence-electron chi connectivity index (χ4n) is 4.00. The van der Waals surface area contributed by atoms with Gasteiger partial charge in [0.2, 0.25) is 0 Å². The van der Waals surface area contributed by atoms with Crippen LogP contribution in [-0.2, 0) is 4.74 Å². The van der Waals surface area contributed by atoms with Crippen molar-refractivity contribution in [2.24, 2.45) is 0 Å². The number of nitrogens with zero attached hydrogens (tertiary/aromatic N) is 1. The normalized spacial score (nSPS) is 19.6. The van der Waals surface area contributed by atoms with Gasteiger partial charge in [-0.3, -0.25) is 4.90 Å². The van der Waals surface area contributed by atoms with Gasteiger partial charge in [-0.25, -0.2) is 0 Å². The molecule has 1 saturated heterocycles. The molecule has 3 aromatic carbocycles. The molecule has 3 atom stereocenters. The predicted molar refractivity (Wildman–Crippen MR) is 122 cm³/mol. The third-order valence-corrected chi connectivity index (χ3v) is 7.31. The Balaban J connectivity index is 1.58. The molecule has 1 aliphatic heterocycles. The number of aryl methyl sites for hydroxylation is 1. The number of morpholine rings is 1. The van der Waals surface area contributed by atoms with E-state index in [0.717, 1.165) is 19.7 Å². The summed E-state index contributed by atoms with van der Waals surface area (Å²) in [5, 5.41) is 0.267. The van der Waals surface area contributed by atoms with Crippen LogP contribution in [0.4, 0.5) is 0 Å². The summed E-state index contributed by atoms with van der Waals surface area (Å²) in [6.45, 7) is 7.19. The lowest BCUT2D eigenvalue weighted by Gasteiger charge is -2.40. The van der Waals surface area contributed by atoms with Crippen molar-refractivity contribution in [1.29, 1.82) is 0 Å². The van der Waals surface area contributed by atoms with Gasteiger partial charge in [-0.15, -0.1) is 11.8 Å². The molecule has 29 heavy (non-hydrogen) atoms. The number of thioether (sulfide) groups is 1. The number of hydrogen-bond donors (Lipinski definition) is 0. The second-order valence-corrected chi connectivity index (χ2v) is 8.89. The lowest BCUT2D eigenvalue weighted by molar-refractivity contribution is -0.0420. The molecule has 0 saturated carbocycles. The van der Waals surface area contributed by atoms with Crippen LogP contribution in [0.2, 0.25) is 0 Å². The zero-order valence-corrected chi connectivity index (χ0v) is 18.0. The first kappa shape index (κ1) is 20.2. The van der Waals surface area contributed by atoms with E-state index in [1.807, 2.05) is 11.8 Å². The highest BCUT2D eigenvalue weighted by molar-refractivity contribution is 7.99. The van der Waals surface area contributed by atoms with Crippen LogP contribution in [0.5, 0.6) is 0 Å². The summed E-state index contributed by atoms with van der Waals surface area (Å²) in [6.07, 6.45) is 0.155. The van der Waals surface area contributed by atoms with Crippen molar-refractivity contribution in [1.82, 2.24) is 4.90 Å². The van der Waals surface area contributed by atoms with Crippen LogP contribution in [0.25, 0.3) is 0 Å². The Hall–Kier alpha value is -2.07. The Bertz CT molecular complexity index is 899. The lowest BCUT2D eigenvalue weighted by Crippen LogP contribution is -2.45. The van der Waals surface area contributed by atoms with Crippen molar-refractivity contribution < 1.29 is 4.74 Å². The lowest BCUT2D eigenvalue weighted by atomic mass is 10.0. The maximum Gasteiger partial charge on any atom is 0.0865 e. The molecule has 2 nitrogen and oxygen atoms in total. The molecule has 0 aliphatic carbocycles. The van der Waals surface area contributed by atoms with Gasteiger partial charge in [0.1, 0.15) is 0 Å². The summed E-state index contributed by atoms with van der Waals surface area (Å²) in [4.78, 5) is 3.90. The van der Waals surface area contributed by atoms with E-state index in [2.05, 4.69) is 104 Å². The van der Waals surface area contributed by atoms with Gasteiger partial charge in [0.15, 0.2) is 0 Å². The smallest absolute Gasteiger partial charge is 0.0865 e. The first-order valence-corrected chi connectivity index (χ1v) is 11.3. The van der Waals surface area contributed by atoms with Crippen LogP contribution in [0.3, 0.4) is 0 Å². The van der Waals surface area contributed by atoms with E-state index >= 15 is 0 Å². The minimum atomic E-state index is 0.155. The molecular weight excluding hydrogens is 374 g/mol. The second-order valence-electron chi connectivity index (χ2n) is 7.71. The molecule has 1 heterocycles. The summed E-state index contributed by atoms with van der Waals surface area (Å²) in [6, 6.07) is 30.7. The van der Waals surface area contributed by atoms with E-state index in [0.29, 0.717) is 6.04 Å². The van der Waals surface area contributed by atoms with Gasteiger partial charge in [-0.2, -0.15) is 0 Å². The van der Waals surface area contributed by atoms with E-state index in [4.69, 9.17) is 4.74 Å². The van der Waals surface area contributed by atoms with Crippen molar-refractivity contribution >= 4 is 11.8 Å². The Labute approximate surface area is 178 Å². The van der Waals surface area contributed by atoms with Crippen LogP contribution in [0, 0.1) is 6.92 Å². The van der Waals surface area contributed by atoms with Crippen LogP contribution >= 0.6 is 11.8 Å². The summed E-state index contributed by atoms with van der Waals surface area (Å²) >= 11 is 1.93. The number of benzene rings is 3. The van der Waals surface area contributed by atoms with Crippen LogP contribution in [0.1, 0.15) is 34.9 Å². The molecule has 0 bridgehead atoms. The minimum Gasteiger partial charge on any atom is -0.374 e. The topological polar surface area (TPSA) is 12.5 Å². The highest BCUT2D eigenvalue weighted by Gasteiger charge is 2.32. The molecular formula is C26H29NOS. The quantitative estimate of drug-likeness (QED) is 0.449. The summed E-state index contributed by atoms with van der Waals surface area (Å²) in [5.74, 6) is 0. The minimum absolute atomic E-state index is 0.155. The van der Waals surface area contributed by atoms with Gasteiger partial charge in [-0.05, 0) is 36.6 Å². The predicted octanol–water partition coefficient (Wildman–Crippen LogP) is 6.29. The fourth-order valence-corrected chi connectivity index (χ4v) is 5.29. The maximum atomic E-state index is 6.36. The average molecular weight is 404 g/mol. The van der Waals surface area contributed by atoms with Crippen molar-refractivity contribution in [3.63, 3.8) is 0 Å². The van der Waals surface area contributed by atoms with Crippen LogP contribution in [-0.4, -0.2) is 30.7 Å². The maximum absolute atomic E-state index is 6.36. The summed E-state index contributed by atoms with van der Waals surface area (Å²) < 4.78 is 6.36. The molecule has 150 valence electrons. The third kappa shape index (κ3) is 4.92. The number of hydrogen-bond acceptors (Lipinski definition) is 3. The van der Waals surface area contributed by atoms with Gasteiger partial charge in [0.05, 0.1) is 18.0 Å². The van der Waals surface area contributed by atoms with Gasteiger partial charge in [0.25, 0.3) is 0 Å². The summed E-state index contributed by atoms with van der Waals surface area (Å²) in [5.41, 5.74) is 4.03. The monoisotopic (exact) mass is 403 g/mol. The molecule has 0 radical (unpaired) electrons. The second kappa shape index (κ2) is 9.62. The van der Waals surface area contributed by atoms with E-state index in [-0.39, 0.29) is 11.4 Å². The van der Waals surface area contributed by atoms with E-state index in [1.165, 1.54) is 21.6 Å². The van der Waals surface area contributed by atoms with Crippen LogP contribution < -0.4 is 0 Å². The van der Waals surface area contributed by atoms with Gasteiger partial charge in [0, 0.05) is 24.0 Å². The van der Waals surface area contributed by atoms with Gasteiger partial charge in [-0.1, -0.05) is 78.9 Å². The van der Waals surface area contributed by atoms with Crippen molar-refractivity contribution in [3.8, 4) is 0 Å². The first-order valence-electron chi connectivity index (χ1n) is 10.4. The molecule has 0 aromatic heterocycles. The fraction of sp³-hybridized carbons (Fsp3) is 0.308. The van der Waals surface area contributed by atoms with E-state index < -0.39 is 0 Å². The highest BCUT2D eigenvalue weighted by Crippen LogP contribution is 2.41. The third-order valence-electron chi connectivity index (χ3n) is 5.77. The van der Waals surface area contributed by atoms with E-state index in [1.54, 1.807) is 0 Å². The SMILES string of the molecule is Cc1ccccc1S[C@H](c1ccccc1)[C@H]1CN([C@@H](C)c2ccccc2)CCO1. The molecule has 3 heteroatoms. The van der Waals surface area contributed by atoms with Crippen molar-refractivity contribution in [2.75, 3.05) is 19.7 Å². The molecule has 0 unspecified atom stereocenters. The zero-order chi connectivity index (χ0) is 20.1. The molecule has 4 rings (SSSR count). The molecule has 3 aromatic rings. The number of ether oxygens (including phenoxy) is 1. The Kier molecular flexibility index (Phi) is 6.70. The molecule has 0 spiro atoms. The molecule has 0 N–H and O–H groups in total. The van der Waals surface area contributed by atoms with Crippen molar-refractivity contribution in [3.05, 3.63) is 102 Å².